The highest BCUT2D eigenvalue weighted by Crippen LogP contribution is 2.20. The summed E-state index contributed by atoms with van der Waals surface area (Å²) in [6.07, 6.45) is 0.261. The molecule has 1 aromatic carbocycles. The lowest BCUT2D eigenvalue weighted by Crippen LogP contribution is -2.39. The van der Waals surface area contributed by atoms with Crippen molar-refractivity contribution in [2.45, 2.75) is 30.5 Å². The minimum Gasteiger partial charge on any atom is -0.354 e. The summed E-state index contributed by atoms with van der Waals surface area (Å²) in [5.74, 6) is -0.0586. The summed E-state index contributed by atoms with van der Waals surface area (Å²) >= 11 is 1.16. The highest BCUT2D eigenvalue weighted by Gasteiger charge is 2.15. The lowest BCUT2D eigenvalue weighted by atomic mass is 10.1. The Kier molecular flexibility index (Phi) is 9.07. The third-order valence-corrected chi connectivity index (χ3v) is 6.27. The van der Waals surface area contributed by atoms with Gasteiger partial charge in [0.15, 0.2) is 0 Å². The summed E-state index contributed by atoms with van der Waals surface area (Å²) in [6.45, 7) is 5.47. The van der Waals surface area contributed by atoms with E-state index in [2.05, 4.69) is 15.4 Å². The van der Waals surface area contributed by atoms with Crippen LogP contribution in [0.2, 0.25) is 0 Å². The van der Waals surface area contributed by atoms with Gasteiger partial charge in [-0.05, 0) is 42.6 Å². The Morgan fingerprint density at radius 1 is 1.19 bits per heavy atom. The SMILES string of the molecule is CCN[C@H](C)CNC(=O)Cc1ccc(NS(=O)(=O)c2cccs2)cc1.Cl. The summed E-state index contributed by atoms with van der Waals surface area (Å²) < 4.78 is 27.1. The number of rotatable bonds is 9. The van der Waals surface area contributed by atoms with Crippen LogP contribution in [0, 0.1) is 0 Å². The number of hydrogen-bond donors (Lipinski definition) is 3. The zero-order chi connectivity index (χ0) is 18.3. The van der Waals surface area contributed by atoms with Gasteiger partial charge in [0, 0.05) is 18.3 Å². The molecule has 0 saturated heterocycles. The largest absolute Gasteiger partial charge is 0.354 e. The Balaban J connectivity index is 0.00000338. The second-order valence-corrected chi connectivity index (χ2v) is 8.53. The third-order valence-electron chi connectivity index (χ3n) is 3.49. The van der Waals surface area contributed by atoms with Gasteiger partial charge in [0.1, 0.15) is 4.21 Å². The first-order chi connectivity index (χ1) is 11.9. The molecule has 0 saturated carbocycles. The van der Waals surface area contributed by atoms with Crippen LogP contribution in [-0.4, -0.2) is 33.5 Å². The Morgan fingerprint density at radius 3 is 2.46 bits per heavy atom. The molecule has 1 heterocycles. The van der Waals surface area contributed by atoms with Crippen LogP contribution >= 0.6 is 23.7 Å². The van der Waals surface area contributed by atoms with Crippen molar-refractivity contribution < 1.29 is 13.2 Å². The second-order valence-electron chi connectivity index (χ2n) is 5.67. The highest BCUT2D eigenvalue weighted by molar-refractivity contribution is 7.94. The third kappa shape index (κ3) is 6.95. The van der Waals surface area contributed by atoms with Crippen LogP contribution in [0.15, 0.2) is 46.0 Å². The molecule has 1 amide bonds. The Bertz CT molecular complexity index is 778. The van der Waals surface area contributed by atoms with Crippen molar-refractivity contribution in [3.05, 3.63) is 47.3 Å². The van der Waals surface area contributed by atoms with Crippen LogP contribution < -0.4 is 15.4 Å². The monoisotopic (exact) mass is 417 g/mol. The lowest BCUT2D eigenvalue weighted by molar-refractivity contribution is -0.120. The van der Waals surface area contributed by atoms with Gasteiger partial charge < -0.3 is 10.6 Å². The summed E-state index contributed by atoms with van der Waals surface area (Å²) in [7, 11) is -3.55. The van der Waals surface area contributed by atoms with Crippen LogP contribution in [0.4, 0.5) is 5.69 Å². The van der Waals surface area contributed by atoms with E-state index in [9.17, 15) is 13.2 Å². The number of anilines is 1. The maximum absolute atomic E-state index is 12.2. The molecule has 0 unspecified atom stereocenters. The van der Waals surface area contributed by atoms with Crippen LogP contribution in [-0.2, 0) is 21.2 Å². The molecule has 0 aliphatic carbocycles. The molecular formula is C17H24ClN3O3S2. The van der Waals surface area contributed by atoms with Gasteiger partial charge in [0.25, 0.3) is 10.0 Å². The smallest absolute Gasteiger partial charge is 0.271 e. The average molecular weight is 418 g/mol. The van der Waals surface area contributed by atoms with Gasteiger partial charge >= 0.3 is 0 Å². The van der Waals surface area contributed by atoms with Crippen molar-refractivity contribution in [2.24, 2.45) is 0 Å². The number of halogens is 1. The molecule has 3 N–H and O–H groups in total. The van der Waals surface area contributed by atoms with E-state index in [-0.39, 0.29) is 35.0 Å². The van der Waals surface area contributed by atoms with E-state index in [0.29, 0.717) is 12.2 Å². The van der Waals surface area contributed by atoms with Crippen LogP contribution in [0.1, 0.15) is 19.4 Å². The number of sulfonamides is 1. The van der Waals surface area contributed by atoms with E-state index in [0.717, 1.165) is 23.4 Å². The predicted octanol–water partition coefficient (Wildman–Crippen LogP) is 2.63. The normalized spacial score (nSPS) is 12.1. The van der Waals surface area contributed by atoms with Crippen LogP contribution in [0.5, 0.6) is 0 Å². The summed E-state index contributed by atoms with van der Waals surface area (Å²) in [5.41, 5.74) is 1.30. The molecular weight excluding hydrogens is 394 g/mol. The van der Waals surface area contributed by atoms with Crippen molar-refractivity contribution in [1.29, 1.82) is 0 Å². The van der Waals surface area contributed by atoms with Crippen molar-refractivity contribution >= 4 is 45.4 Å². The maximum Gasteiger partial charge on any atom is 0.271 e. The molecule has 6 nitrogen and oxygen atoms in total. The van der Waals surface area contributed by atoms with E-state index in [1.165, 1.54) is 0 Å². The summed E-state index contributed by atoms with van der Waals surface area (Å²) in [4.78, 5) is 11.9. The number of benzene rings is 1. The minimum atomic E-state index is -3.55. The first-order valence-electron chi connectivity index (χ1n) is 8.06. The molecule has 0 fully saturated rings. The second kappa shape index (κ2) is 10.5. The number of nitrogens with one attached hydrogen (secondary N) is 3. The lowest BCUT2D eigenvalue weighted by Gasteiger charge is -2.13. The van der Waals surface area contributed by atoms with Gasteiger partial charge in [0.05, 0.1) is 6.42 Å². The molecule has 144 valence electrons. The van der Waals surface area contributed by atoms with E-state index < -0.39 is 10.0 Å². The molecule has 0 aliphatic heterocycles. The summed E-state index contributed by atoms with van der Waals surface area (Å²) in [6, 6.07) is 10.3. The highest BCUT2D eigenvalue weighted by atomic mass is 35.5. The fourth-order valence-electron chi connectivity index (χ4n) is 2.25. The molecule has 0 spiro atoms. The number of likely N-dealkylation sites (N-methyl/N-ethyl adjacent to an activating group) is 1. The number of carbonyl (C=O) groups is 1. The van der Waals surface area contributed by atoms with E-state index in [1.807, 2.05) is 13.8 Å². The van der Waals surface area contributed by atoms with E-state index >= 15 is 0 Å². The van der Waals surface area contributed by atoms with Gasteiger partial charge in [0.2, 0.25) is 5.91 Å². The van der Waals surface area contributed by atoms with E-state index in [4.69, 9.17) is 0 Å². The zero-order valence-electron chi connectivity index (χ0n) is 14.7. The molecule has 26 heavy (non-hydrogen) atoms. The first kappa shape index (κ1) is 22.4. The molecule has 0 aliphatic rings. The number of carbonyl (C=O) groups excluding carboxylic acids is 1. The first-order valence-corrected chi connectivity index (χ1v) is 10.4. The van der Waals surface area contributed by atoms with Crippen molar-refractivity contribution in [1.82, 2.24) is 10.6 Å². The quantitative estimate of drug-likeness (QED) is 0.585. The zero-order valence-corrected chi connectivity index (χ0v) is 17.1. The molecule has 9 heteroatoms. The average Bonchev–Trinajstić information content (AvgIpc) is 3.10. The molecule has 1 aromatic heterocycles. The van der Waals surface area contributed by atoms with Crippen LogP contribution in [0.3, 0.4) is 0 Å². The van der Waals surface area contributed by atoms with Crippen LogP contribution in [0.25, 0.3) is 0 Å². The number of thiophene rings is 1. The van der Waals surface area contributed by atoms with Gasteiger partial charge in [-0.2, -0.15) is 0 Å². The standard InChI is InChI=1S/C17H23N3O3S2.ClH/c1-3-18-13(2)12-19-16(21)11-14-6-8-15(9-7-14)20-25(22,23)17-5-4-10-24-17;/h4-10,13,18,20H,3,11-12H2,1-2H3,(H,19,21);1H/t13-;/m1./s1. The fourth-order valence-corrected chi connectivity index (χ4v) is 4.30. The van der Waals surface area contributed by atoms with Crippen molar-refractivity contribution in [3.8, 4) is 0 Å². The topological polar surface area (TPSA) is 87.3 Å². The predicted molar refractivity (Wildman–Crippen MR) is 109 cm³/mol. The molecule has 0 radical (unpaired) electrons. The van der Waals surface area contributed by atoms with Gasteiger partial charge in [-0.25, -0.2) is 8.42 Å². The Morgan fingerprint density at radius 2 is 1.88 bits per heavy atom. The van der Waals surface area contributed by atoms with Gasteiger partial charge in [-0.3, -0.25) is 9.52 Å². The van der Waals surface area contributed by atoms with Gasteiger partial charge in [-0.15, -0.1) is 23.7 Å². The Hall–Kier alpha value is -1.61. The number of amides is 1. The van der Waals surface area contributed by atoms with Gasteiger partial charge in [-0.1, -0.05) is 25.1 Å². The fraction of sp³-hybridized carbons (Fsp3) is 0.353. The summed E-state index contributed by atoms with van der Waals surface area (Å²) in [5, 5.41) is 7.82. The molecule has 2 rings (SSSR count). The van der Waals surface area contributed by atoms with Crippen molar-refractivity contribution in [3.63, 3.8) is 0 Å². The Labute approximate surface area is 164 Å². The maximum atomic E-state index is 12.2. The number of hydrogen-bond acceptors (Lipinski definition) is 5. The molecule has 1 atom stereocenters. The van der Waals surface area contributed by atoms with E-state index in [1.54, 1.807) is 41.8 Å². The van der Waals surface area contributed by atoms with Crippen molar-refractivity contribution in [2.75, 3.05) is 17.8 Å². The molecule has 2 aromatic rings. The molecule has 0 bridgehead atoms. The minimum absolute atomic E-state index is 0.